The van der Waals surface area contributed by atoms with Gasteiger partial charge in [0.1, 0.15) is 11.5 Å². The molecule has 4 N–H and O–H groups in total. The summed E-state index contributed by atoms with van der Waals surface area (Å²) in [7, 11) is 0. The number of nitrogens with two attached hydrogens (primary N) is 1. The zero-order valence-electron chi connectivity index (χ0n) is 12.5. The number of rotatable bonds is 4. The minimum Gasteiger partial charge on any atom is -0.492 e. The number of aromatic nitrogens is 3. The molecule has 2 aromatic heterocycles. The molecule has 2 heterocycles. The molecule has 2 aromatic rings. The fourth-order valence-electron chi connectivity index (χ4n) is 2.40. The average molecular weight is 305 g/mol. The highest BCUT2D eigenvalue weighted by atomic mass is 16.3. The zero-order valence-corrected chi connectivity index (χ0v) is 12.5. The van der Waals surface area contributed by atoms with Crippen LogP contribution in [-0.4, -0.2) is 31.2 Å². The molecule has 3 rings (SSSR count). The fourth-order valence-corrected chi connectivity index (χ4v) is 2.40. The second-order valence-electron chi connectivity index (χ2n) is 6.10. The van der Waals surface area contributed by atoms with E-state index in [-0.39, 0.29) is 23.3 Å². The summed E-state index contributed by atoms with van der Waals surface area (Å²) >= 11 is 0. The van der Waals surface area contributed by atoms with Gasteiger partial charge in [0.05, 0.1) is 0 Å². The van der Waals surface area contributed by atoms with E-state index in [2.05, 4.69) is 10.4 Å². The standard InChI is InChI=1S/C14H19N5O3/c1-7(2)6-18-10-5-9(15)17-19(10)14(22)11(13(18)21)12(20)16-8-3-4-8/h5,7-8,22H,3-4,6H2,1-2H3,(H2,15,17)(H,16,20). The minimum absolute atomic E-state index is 0.0863. The number of aromatic hydroxyl groups is 1. The van der Waals surface area contributed by atoms with E-state index in [4.69, 9.17) is 5.73 Å². The van der Waals surface area contributed by atoms with Gasteiger partial charge in [-0.15, -0.1) is 5.10 Å². The van der Waals surface area contributed by atoms with Gasteiger partial charge in [0, 0.05) is 18.7 Å². The third-order valence-electron chi connectivity index (χ3n) is 3.56. The van der Waals surface area contributed by atoms with Crippen LogP contribution in [0.2, 0.25) is 0 Å². The number of nitrogens with one attached hydrogen (secondary N) is 1. The number of nitrogens with zero attached hydrogens (tertiary/aromatic N) is 3. The first-order valence-corrected chi connectivity index (χ1v) is 7.30. The quantitative estimate of drug-likeness (QED) is 0.753. The van der Waals surface area contributed by atoms with Crippen molar-refractivity contribution in [1.82, 2.24) is 19.5 Å². The molecule has 0 aromatic carbocycles. The number of anilines is 1. The highest BCUT2D eigenvalue weighted by molar-refractivity contribution is 5.96. The van der Waals surface area contributed by atoms with Crippen molar-refractivity contribution in [2.24, 2.45) is 5.92 Å². The van der Waals surface area contributed by atoms with Crippen molar-refractivity contribution in [1.29, 1.82) is 0 Å². The summed E-state index contributed by atoms with van der Waals surface area (Å²) in [4.78, 5) is 24.9. The van der Waals surface area contributed by atoms with Crippen molar-refractivity contribution in [3.63, 3.8) is 0 Å². The molecule has 0 bridgehead atoms. The van der Waals surface area contributed by atoms with Crippen LogP contribution in [-0.2, 0) is 6.54 Å². The Bertz CT molecular complexity index is 801. The Hall–Kier alpha value is -2.51. The van der Waals surface area contributed by atoms with Crippen LogP contribution in [0.5, 0.6) is 5.88 Å². The number of carbonyl (C=O) groups excluding carboxylic acids is 1. The monoisotopic (exact) mass is 305 g/mol. The number of fused-ring (bicyclic) bond motifs is 1. The predicted molar refractivity (Wildman–Crippen MR) is 80.9 cm³/mol. The zero-order chi connectivity index (χ0) is 16.0. The molecule has 1 aliphatic rings. The molecule has 8 nitrogen and oxygen atoms in total. The third-order valence-corrected chi connectivity index (χ3v) is 3.56. The van der Waals surface area contributed by atoms with Gasteiger partial charge >= 0.3 is 0 Å². The molecular weight excluding hydrogens is 286 g/mol. The lowest BCUT2D eigenvalue weighted by Gasteiger charge is -2.14. The summed E-state index contributed by atoms with van der Waals surface area (Å²) in [6.07, 6.45) is 1.79. The molecule has 1 saturated carbocycles. The maximum absolute atomic E-state index is 12.7. The van der Waals surface area contributed by atoms with E-state index in [0.29, 0.717) is 12.2 Å². The van der Waals surface area contributed by atoms with Gasteiger partial charge in [0.15, 0.2) is 5.56 Å². The molecule has 0 aliphatic heterocycles. The van der Waals surface area contributed by atoms with E-state index in [1.54, 1.807) is 0 Å². The number of nitrogen functional groups attached to an aromatic ring is 1. The maximum Gasteiger partial charge on any atom is 0.270 e. The van der Waals surface area contributed by atoms with Gasteiger partial charge in [0.25, 0.3) is 11.5 Å². The van der Waals surface area contributed by atoms with Gasteiger partial charge in [0.2, 0.25) is 5.88 Å². The Labute approximate surface area is 126 Å². The average Bonchev–Trinajstić information content (AvgIpc) is 3.14. The van der Waals surface area contributed by atoms with E-state index in [1.807, 2.05) is 13.8 Å². The summed E-state index contributed by atoms with van der Waals surface area (Å²) < 4.78 is 2.57. The smallest absolute Gasteiger partial charge is 0.270 e. The summed E-state index contributed by atoms with van der Waals surface area (Å²) in [6.45, 7) is 4.32. The number of hydrogen-bond acceptors (Lipinski definition) is 5. The van der Waals surface area contributed by atoms with Gasteiger partial charge < -0.3 is 16.2 Å². The lowest BCUT2D eigenvalue weighted by Crippen LogP contribution is -2.36. The molecule has 0 spiro atoms. The Morgan fingerprint density at radius 1 is 1.55 bits per heavy atom. The van der Waals surface area contributed by atoms with Gasteiger partial charge in [-0.25, -0.2) is 0 Å². The Balaban J connectivity index is 2.22. The molecule has 1 fully saturated rings. The van der Waals surface area contributed by atoms with E-state index in [0.717, 1.165) is 17.4 Å². The lowest BCUT2D eigenvalue weighted by atomic mass is 10.2. The molecule has 118 valence electrons. The maximum atomic E-state index is 12.7. The van der Waals surface area contributed by atoms with Crippen molar-refractivity contribution in [2.75, 3.05) is 5.73 Å². The molecule has 8 heteroatoms. The van der Waals surface area contributed by atoms with E-state index in [9.17, 15) is 14.7 Å². The Morgan fingerprint density at radius 3 is 2.82 bits per heavy atom. The molecule has 1 aliphatic carbocycles. The van der Waals surface area contributed by atoms with Crippen molar-refractivity contribution in [3.8, 4) is 5.88 Å². The SMILES string of the molecule is CC(C)Cn1c(=O)c(C(=O)NC2CC2)c(O)n2nc(N)cc12. The molecule has 0 saturated heterocycles. The summed E-state index contributed by atoms with van der Waals surface area (Å²) in [5.41, 5.74) is 5.22. The first-order chi connectivity index (χ1) is 10.4. The van der Waals surface area contributed by atoms with E-state index < -0.39 is 17.3 Å². The number of hydrogen-bond donors (Lipinski definition) is 3. The number of carbonyl (C=O) groups is 1. The van der Waals surface area contributed by atoms with Crippen LogP contribution in [0.1, 0.15) is 37.0 Å². The largest absolute Gasteiger partial charge is 0.492 e. The van der Waals surface area contributed by atoms with Crippen molar-refractivity contribution in [2.45, 2.75) is 39.3 Å². The van der Waals surface area contributed by atoms with E-state index >= 15 is 0 Å². The molecule has 0 atom stereocenters. The third kappa shape index (κ3) is 2.40. The molecule has 22 heavy (non-hydrogen) atoms. The van der Waals surface area contributed by atoms with Crippen LogP contribution in [0.4, 0.5) is 5.82 Å². The first kappa shape index (κ1) is 14.4. The van der Waals surface area contributed by atoms with Gasteiger partial charge in [-0.1, -0.05) is 13.8 Å². The summed E-state index contributed by atoms with van der Waals surface area (Å²) in [6, 6.07) is 1.59. The Morgan fingerprint density at radius 2 is 2.23 bits per heavy atom. The fraction of sp³-hybridized carbons (Fsp3) is 0.500. The summed E-state index contributed by atoms with van der Waals surface area (Å²) in [5, 5.41) is 17.0. The van der Waals surface area contributed by atoms with Crippen LogP contribution in [0.15, 0.2) is 10.9 Å². The molecule has 0 unspecified atom stereocenters. The molecular formula is C14H19N5O3. The van der Waals surface area contributed by atoms with E-state index in [1.165, 1.54) is 10.6 Å². The highest BCUT2D eigenvalue weighted by Gasteiger charge is 2.29. The highest BCUT2D eigenvalue weighted by Crippen LogP contribution is 2.22. The minimum atomic E-state index is -0.571. The van der Waals surface area contributed by atoms with Crippen LogP contribution in [0.3, 0.4) is 0 Å². The lowest BCUT2D eigenvalue weighted by molar-refractivity contribution is 0.0944. The topological polar surface area (TPSA) is 115 Å². The van der Waals surface area contributed by atoms with Crippen LogP contribution in [0, 0.1) is 5.92 Å². The van der Waals surface area contributed by atoms with Crippen LogP contribution in [0.25, 0.3) is 5.65 Å². The van der Waals surface area contributed by atoms with Gasteiger partial charge in [-0.2, -0.15) is 4.52 Å². The van der Waals surface area contributed by atoms with Crippen molar-refractivity contribution >= 4 is 17.4 Å². The normalized spacial score (nSPS) is 14.7. The second-order valence-corrected chi connectivity index (χ2v) is 6.10. The van der Waals surface area contributed by atoms with Crippen LogP contribution >= 0.6 is 0 Å². The van der Waals surface area contributed by atoms with Gasteiger partial charge in [-0.05, 0) is 18.8 Å². The number of amides is 1. The molecule has 0 radical (unpaired) electrons. The predicted octanol–water partition coefficient (Wildman–Crippen LogP) is 0.332. The van der Waals surface area contributed by atoms with Crippen molar-refractivity contribution < 1.29 is 9.90 Å². The second kappa shape index (κ2) is 5.04. The van der Waals surface area contributed by atoms with Gasteiger partial charge in [-0.3, -0.25) is 14.2 Å². The van der Waals surface area contributed by atoms with Crippen molar-refractivity contribution in [3.05, 3.63) is 22.0 Å². The summed E-state index contributed by atoms with van der Waals surface area (Å²) in [5.74, 6) is -0.693. The first-order valence-electron chi connectivity index (χ1n) is 7.30. The molecule has 1 amide bonds. The Kier molecular flexibility index (Phi) is 3.31. The van der Waals surface area contributed by atoms with Crippen LogP contribution < -0.4 is 16.6 Å².